The number of ether oxygens (including phenoxy) is 2. The van der Waals surface area contributed by atoms with Gasteiger partial charge in [-0.3, -0.25) is 4.79 Å². The molecule has 6 nitrogen and oxygen atoms in total. The quantitative estimate of drug-likeness (QED) is 0.216. The third-order valence-electron chi connectivity index (χ3n) is 5.70. The number of para-hydroxylation sites is 1. The largest absolute Gasteiger partial charge is 0.493 e. The third kappa shape index (κ3) is 5.15. The Hall–Kier alpha value is -4.30. The molecule has 0 atom stereocenters. The molecule has 0 amide bonds. The molecule has 0 fully saturated rings. The molecule has 0 saturated carbocycles. The van der Waals surface area contributed by atoms with Crippen molar-refractivity contribution in [3.63, 3.8) is 0 Å². The molecule has 5 rings (SSSR count). The Morgan fingerprint density at radius 3 is 2.51 bits per heavy atom. The first kappa shape index (κ1) is 24.4. The van der Waals surface area contributed by atoms with E-state index in [1.807, 2.05) is 36.4 Å². The van der Waals surface area contributed by atoms with E-state index in [2.05, 4.69) is 21.0 Å². The maximum atomic E-state index is 14.2. The van der Waals surface area contributed by atoms with Crippen LogP contribution >= 0.6 is 15.9 Å². The third-order valence-corrected chi connectivity index (χ3v) is 6.15. The summed E-state index contributed by atoms with van der Waals surface area (Å²) in [4.78, 5) is 18.2. The summed E-state index contributed by atoms with van der Waals surface area (Å²) in [5.74, 6) is 0.826. The smallest absolute Gasteiger partial charge is 0.282 e. The summed E-state index contributed by atoms with van der Waals surface area (Å²) in [5.41, 5.74) is 1.94. The number of aromatic nitrogens is 2. The van der Waals surface area contributed by atoms with Crippen LogP contribution in [-0.2, 0) is 6.61 Å². The standard InChI is InChI=1S/C29H21BrFN3O3/c1-36-26-16-22(30)15-21(27(26)37-18-20-11-5-7-13-24(20)31)17-32-34-28(19-9-3-2-4-10-19)33-25-14-8-6-12-23(25)29(34)35/h2-17H,18H2,1H3. The highest BCUT2D eigenvalue weighted by molar-refractivity contribution is 9.10. The van der Waals surface area contributed by atoms with E-state index in [1.165, 1.54) is 24.1 Å². The minimum atomic E-state index is -0.366. The van der Waals surface area contributed by atoms with Crippen molar-refractivity contribution in [3.05, 3.63) is 123 Å². The zero-order chi connectivity index (χ0) is 25.8. The molecule has 0 saturated heterocycles. The van der Waals surface area contributed by atoms with E-state index in [0.717, 1.165) is 10.0 Å². The molecule has 8 heteroatoms. The van der Waals surface area contributed by atoms with Gasteiger partial charge >= 0.3 is 0 Å². The first-order valence-corrected chi connectivity index (χ1v) is 12.2. The van der Waals surface area contributed by atoms with E-state index in [4.69, 9.17) is 14.5 Å². The van der Waals surface area contributed by atoms with Crippen molar-refractivity contribution in [1.82, 2.24) is 9.66 Å². The normalized spacial score (nSPS) is 11.2. The summed E-state index contributed by atoms with van der Waals surface area (Å²) in [6, 6.07) is 26.4. The predicted molar refractivity (Wildman–Crippen MR) is 146 cm³/mol. The molecule has 0 bridgehead atoms. The maximum Gasteiger partial charge on any atom is 0.282 e. The Morgan fingerprint density at radius 1 is 1.00 bits per heavy atom. The Kier molecular flexibility index (Phi) is 7.09. The SMILES string of the molecule is COc1cc(Br)cc(C=Nn2c(-c3ccccc3)nc3ccccc3c2=O)c1OCc1ccccc1F. The van der Waals surface area contributed by atoms with Crippen LogP contribution in [0.4, 0.5) is 4.39 Å². The number of nitrogens with zero attached hydrogens (tertiary/aromatic N) is 3. The second-order valence-electron chi connectivity index (χ2n) is 8.09. The van der Waals surface area contributed by atoms with Crippen molar-refractivity contribution in [1.29, 1.82) is 0 Å². The van der Waals surface area contributed by atoms with Crippen molar-refractivity contribution in [2.24, 2.45) is 5.10 Å². The summed E-state index contributed by atoms with van der Waals surface area (Å²) < 4.78 is 27.7. The molecule has 37 heavy (non-hydrogen) atoms. The van der Waals surface area contributed by atoms with Gasteiger partial charge in [0.25, 0.3) is 5.56 Å². The van der Waals surface area contributed by atoms with Gasteiger partial charge in [0.15, 0.2) is 17.3 Å². The fourth-order valence-electron chi connectivity index (χ4n) is 3.88. The van der Waals surface area contributed by atoms with Gasteiger partial charge in [-0.25, -0.2) is 9.37 Å². The predicted octanol–water partition coefficient (Wildman–Crippen LogP) is 6.43. The summed E-state index contributed by atoms with van der Waals surface area (Å²) in [7, 11) is 1.52. The molecule has 0 aliphatic carbocycles. The first-order chi connectivity index (χ1) is 18.0. The van der Waals surface area contributed by atoms with Crippen LogP contribution in [0, 0.1) is 5.82 Å². The van der Waals surface area contributed by atoms with Gasteiger partial charge in [0.1, 0.15) is 12.4 Å². The Labute approximate surface area is 220 Å². The van der Waals surface area contributed by atoms with Crippen molar-refractivity contribution >= 4 is 33.0 Å². The van der Waals surface area contributed by atoms with E-state index in [0.29, 0.717) is 39.4 Å². The summed E-state index contributed by atoms with van der Waals surface area (Å²) in [5, 5.41) is 4.98. The highest BCUT2D eigenvalue weighted by Crippen LogP contribution is 2.35. The summed E-state index contributed by atoms with van der Waals surface area (Å²) in [6.45, 7) is -0.0156. The molecule has 0 unspecified atom stereocenters. The summed E-state index contributed by atoms with van der Waals surface area (Å²) >= 11 is 3.48. The molecule has 184 valence electrons. The highest BCUT2D eigenvalue weighted by atomic mass is 79.9. The lowest BCUT2D eigenvalue weighted by atomic mass is 10.2. The molecule has 0 spiro atoms. The molecule has 1 heterocycles. The Morgan fingerprint density at radius 2 is 1.73 bits per heavy atom. The second kappa shape index (κ2) is 10.8. The Bertz CT molecular complexity index is 1670. The molecular weight excluding hydrogens is 537 g/mol. The van der Waals surface area contributed by atoms with Crippen LogP contribution in [0.2, 0.25) is 0 Å². The lowest BCUT2D eigenvalue weighted by molar-refractivity contribution is 0.279. The molecule has 5 aromatic rings. The minimum absolute atomic E-state index is 0.0156. The van der Waals surface area contributed by atoms with Crippen LogP contribution in [0.15, 0.2) is 105 Å². The number of hydrogen-bond donors (Lipinski definition) is 0. The maximum absolute atomic E-state index is 14.2. The monoisotopic (exact) mass is 557 g/mol. The van der Waals surface area contributed by atoms with Crippen LogP contribution in [0.25, 0.3) is 22.3 Å². The van der Waals surface area contributed by atoms with Crippen LogP contribution in [-0.4, -0.2) is 23.0 Å². The van der Waals surface area contributed by atoms with E-state index >= 15 is 0 Å². The lowest BCUT2D eigenvalue weighted by Gasteiger charge is -2.15. The number of fused-ring (bicyclic) bond motifs is 1. The van der Waals surface area contributed by atoms with Gasteiger partial charge < -0.3 is 9.47 Å². The molecule has 0 aliphatic rings. The average molecular weight is 558 g/mol. The van der Waals surface area contributed by atoms with Gasteiger partial charge in [-0.2, -0.15) is 9.78 Å². The molecule has 4 aromatic carbocycles. The van der Waals surface area contributed by atoms with Gasteiger partial charge in [-0.15, -0.1) is 0 Å². The fraction of sp³-hybridized carbons (Fsp3) is 0.0690. The Balaban J connectivity index is 1.62. The van der Waals surface area contributed by atoms with E-state index in [9.17, 15) is 9.18 Å². The van der Waals surface area contributed by atoms with Gasteiger partial charge in [0, 0.05) is 21.2 Å². The number of hydrogen-bond acceptors (Lipinski definition) is 5. The molecule has 0 aliphatic heterocycles. The molecular formula is C29H21BrFN3O3. The first-order valence-electron chi connectivity index (χ1n) is 11.4. The highest BCUT2D eigenvalue weighted by Gasteiger charge is 2.15. The molecule has 0 radical (unpaired) electrons. The molecule has 0 N–H and O–H groups in total. The lowest BCUT2D eigenvalue weighted by Crippen LogP contribution is -2.20. The van der Waals surface area contributed by atoms with Crippen molar-refractivity contribution in [2.75, 3.05) is 7.11 Å². The van der Waals surface area contributed by atoms with Crippen molar-refractivity contribution in [2.45, 2.75) is 6.61 Å². The topological polar surface area (TPSA) is 65.7 Å². The number of methoxy groups -OCH3 is 1. The number of halogens is 2. The number of rotatable bonds is 7. The zero-order valence-electron chi connectivity index (χ0n) is 19.8. The van der Waals surface area contributed by atoms with Gasteiger partial charge in [-0.05, 0) is 30.3 Å². The fourth-order valence-corrected chi connectivity index (χ4v) is 4.34. The second-order valence-corrected chi connectivity index (χ2v) is 9.00. The van der Waals surface area contributed by atoms with Crippen LogP contribution in [0.5, 0.6) is 11.5 Å². The molecule has 1 aromatic heterocycles. The van der Waals surface area contributed by atoms with E-state index in [-0.39, 0.29) is 18.0 Å². The van der Waals surface area contributed by atoms with Gasteiger partial charge in [0.2, 0.25) is 0 Å². The van der Waals surface area contributed by atoms with Crippen LogP contribution < -0.4 is 15.0 Å². The van der Waals surface area contributed by atoms with Gasteiger partial charge in [0.05, 0.1) is 24.2 Å². The van der Waals surface area contributed by atoms with Crippen molar-refractivity contribution < 1.29 is 13.9 Å². The van der Waals surface area contributed by atoms with Crippen molar-refractivity contribution in [3.8, 4) is 22.9 Å². The minimum Gasteiger partial charge on any atom is -0.493 e. The average Bonchev–Trinajstić information content (AvgIpc) is 2.92. The van der Waals surface area contributed by atoms with E-state index < -0.39 is 0 Å². The van der Waals surface area contributed by atoms with Crippen LogP contribution in [0.3, 0.4) is 0 Å². The summed E-state index contributed by atoms with van der Waals surface area (Å²) in [6.07, 6.45) is 1.51. The zero-order valence-corrected chi connectivity index (χ0v) is 21.4. The number of benzene rings is 4. The van der Waals surface area contributed by atoms with Crippen LogP contribution in [0.1, 0.15) is 11.1 Å². The van der Waals surface area contributed by atoms with E-state index in [1.54, 1.807) is 48.5 Å². The van der Waals surface area contributed by atoms with Gasteiger partial charge in [-0.1, -0.05) is 76.6 Å².